The first kappa shape index (κ1) is 10.2. The van der Waals surface area contributed by atoms with Crippen molar-refractivity contribution >= 4 is 0 Å². The van der Waals surface area contributed by atoms with E-state index in [1.165, 1.54) is 12.1 Å². The van der Waals surface area contributed by atoms with Crippen LogP contribution in [0.2, 0.25) is 0 Å². The molecule has 0 bridgehead atoms. The van der Waals surface area contributed by atoms with Gasteiger partial charge in [0.15, 0.2) is 0 Å². The van der Waals surface area contributed by atoms with E-state index in [1.807, 2.05) is 0 Å². The Bertz CT molecular complexity index is 661. The summed E-state index contributed by atoms with van der Waals surface area (Å²) in [6, 6.07) is 4.59. The Labute approximate surface area is 97.3 Å². The summed E-state index contributed by atoms with van der Waals surface area (Å²) in [5.41, 5.74) is 2.80. The van der Waals surface area contributed by atoms with Crippen molar-refractivity contribution < 1.29 is 4.39 Å². The Morgan fingerprint density at radius 2 is 2.18 bits per heavy atom. The molecule has 0 radical (unpaired) electrons. The molecule has 17 heavy (non-hydrogen) atoms. The van der Waals surface area contributed by atoms with Gasteiger partial charge in [-0.1, -0.05) is 6.07 Å². The zero-order valence-corrected chi connectivity index (χ0v) is 9.38. The van der Waals surface area contributed by atoms with Gasteiger partial charge in [0.25, 0.3) is 5.56 Å². The van der Waals surface area contributed by atoms with Crippen LogP contribution in [0.25, 0.3) is 11.1 Å². The molecule has 1 aromatic heterocycles. The maximum atomic E-state index is 13.3. The number of aromatic nitrogens is 2. The Morgan fingerprint density at radius 3 is 3.00 bits per heavy atom. The molecule has 0 fully saturated rings. The molecule has 0 atom stereocenters. The highest BCUT2D eigenvalue weighted by atomic mass is 19.1. The predicted molar refractivity (Wildman–Crippen MR) is 62.4 cm³/mol. The molecule has 1 aromatic carbocycles. The second kappa shape index (κ2) is 3.52. The van der Waals surface area contributed by atoms with Crippen molar-refractivity contribution in [2.24, 2.45) is 0 Å². The van der Waals surface area contributed by atoms with Crippen molar-refractivity contribution in [3.05, 3.63) is 51.5 Å². The molecule has 0 saturated carbocycles. The molecular formula is C13H11FN2O. The molecule has 86 valence electrons. The number of rotatable bonds is 0. The van der Waals surface area contributed by atoms with Crippen LogP contribution in [0.1, 0.15) is 17.1 Å². The molecule has 0 amide bonds. The summed E-state index contributed by atoms with van der Waals surface area (Å²) < 4.78 is 13.3. The van der Waals surface area contributed by atoms with Crippen LogP contribution in [0.4, 0.5) is 4.39 Å². The molecule has 3 rings (SSSR count). The Kier molecular flexibility index (Phi) is 2.11. The first-order valence-electron chi connectivity index (χ1n) is 5.54. The summed E-state index contributed by atoms with van der Waals surface area (Å²) in [6.07, 6.45) is 1.54. The molecule has 3 nitrogen and oxygen atoms in total. The smallest absolute Gasteiger partial charge is 0.259 e. The van der Waals surface area contributed by atoms with E-state index in [-0.39, 0.29) is 11.4 Å². The van der Waals surface area contributed by atoms with Gasteiger partial charge in [-0.25, -0.2) is 9.37 Å². The number of hydrogen-bond acceptors (Lipinski definition) is 2. The van der Waals surface area contributed by atoms with Crippen LogP contribution in [0, 0.1) is 12.7 Å². The van der Waals surface area contributed by atoms with Gasteiger partial charge in [0.2, 0.25) is 0 Å². The first-order valence-corrected chi connectivity index (χ1v) is 5.54. The number of aryl methyl sites for hydroxylation is 3. The minimum Gasteiger partial charge on any atom is -0.310 e. The molecule has 1 N–H and O–H groups in total. The van der Waals surface area contributed by atoms with Crippen molar-refractivity contribution in [2.75, 3.05) is 0 Å². The summed E-state index contributed by atoms with van der Waals surface area (Å²) in [5, 5.41) is 0. The Morgan fingerprint density at radius 1 is 1.35 bits per heavy atom. The zero-order valence-electron chi connectivity index (χ0n) is 9.38. The SMILES string of the molecule is Cc1nc2c(c(=O)[nH]1)-c1cc(F)ccc1CC2. The average Bonchev–Trinajstić information content (AvgIpc) is 2.27. The summed E-state index contributed by atoms with van der Waals surface area (Å²) in [4.78, 5) is 18.9. The summed E-state index contributed by atoms with van der Waals surface area (Å²) in [6.45, 7) is 1.75. The van der Waals surface area contributed by atoms with Crippen molar-refractivity contribution in [1.82, 2.24) is 9.97 Å². The van der Waals surface area contributed by atoms with Gasteiger partial charge in [-0.05, 0) is 43.0 Å². The highest BCUT2D eigenvalue weighted by molar-refractivity contribution is 5.71. The molecule has 1 aliphatic rings. The number of nitrogens with one attached hydrogen (secondary N) is 1. The van der Waals surface area contributed by atoms with E-state index in [1.54, 1.807) is 13.0 Å². The fourth-order valence-electron chi connectivity index (χ4n) is 2.36. The van der Waals surface area contributed by atoms with Gasteiger partial charge >= 0.3 is 0 Å². The van der Waals surface area contributed by atoms with Crippen LogP contribution >= 0.6 is 0 Å². The van der Waals surface area contributed by atoms with Crippen LogP contribution < -0.4 is 5.56 Å². The van der Waals surface area contributed by atoms with Crippen LogP contribution in [0.3, 0.4) is 0 Å². The number of aromatic amines is 1. The topological polar surface area (TPSA) is 45.8 Å². The van der Waals surface area contributed by atoms with Gasteiger partial charge in [0.05, 0.1) is 11.3 Å². The lowest BCUT2D eigenvalue weighted by Gasteiger charge is -2.18. The van der Waals surface area contributed by atoms with Gasteiger partial charge in [-0.2, -0.15) is 0 Å². The average molecular weight is 230 g/mol. The molecule has 4 heteroatoms. The number of H-pyrrole nitrogens is 1. The lowest BCUT2D eigenvalue weighted by molar-refractivity contribution is 0.627. The predicted octanol–water partition coefficient (Wildman–Crippen LogP) is 1.98. The zero-order chi connectivity index (χ0) is 12.0. The quantitative estimate of drug-likeness (QED) is 0.752. The van der Waals surface area contributed by atoms with E-state index in [0.29, 0.717) is 17.0 Å². The van der Waals surface area contributed by atoms with Crippen molar-refractivity contribution in [1.29, 1.82) is 0 Å². The Balaban J connectivity index is 2.36. The normalized spacial score (nSPS) is 13.1. The second-order valence-electron chi connectivity index (χ2n) is 4.27. The maximum Gasteiger partial charge on any atom is 0.259 e. The van der Waals surface area contributed by atoms with Crippen LogP contribution in [-0.4, -0.2) is 9.97 Å². The Hall–Kier alpha value is -1.97. The second-order valence-corrected chi connectivity index (χ2v) is 4.27. The minimum absolute atomic E-state index is 0.181. The third-order valence-corrected chi connectivity index (χ3v) is 3.09. The first-order chi connectivity index (χ1) is 8.15. The van der Waals surface area contributed by atoms with Crippen LogP contribution in [0.15, 0.2) is 23.0 Å². The van der Waals surface area contributed by atoms with Crippen LogP contribution in [0.5, 0.6) is 0 Å². The van der Waals surface area contributed by atoms with E-state index in [0.717, 1.165) is 24.1 Å². The monoisotopic (exact) mass is 230 g/mol. The highest BCUT2D eigenvalue weighted by Crippen LogP contribution is 2.30. The van der Waals surface area contributed by atoms with Crippen molar-refractivity contribution in [3.63, 3.8) is 0 Å². The van der Waals surface area contributed by atoms with E-state index in [9.17, 15) is 9.18 Å². The summed E-state index contributed by atoms with van der Waals surface area (Å²) in [7, 11) is 0. The van der Waals surface area contributed by atoms with E-state index < -0.39 is 0 Å². The minimum atomic E-state index is -0.323. The van der Waals surface area contributed by atoms with Gasteiger partial charge in [-0.3, -0.25) is 4.79 Å². The molecule has 1 heterocycles. The standard InChI is InChI=1S/C13H11FN2O/c1-7-15-11-5-3-8-2-4-9(14)6-10(8)12(11)13(17)16-7/h2,4,6H,3,5H2,1H3,(H,15,16,17). The molecule has 1 aliphatic carbocycles. The molecule has 0 spiro atoms. The molecule has 2 aromatic rings. The number of benzene rings is 1. The number of halogens is 1. The van der Waals surface area contributed by atoms with E-state index in [2.05, 4.69) is 9.97 Å². The summed E-state index contributed by atoms with van der Waals surface area (Å²) in [5.74, 6) is 0.283. The number of fused-ring (bicyclic) bond motifs is 3. The van der Waals surface area contributed by atoms with E-state index in [4.69, 9.17) is 0 Å². The lowest BCUT2D eigenvalue weighted by atomic mass is 9.89. The third kappa shape index (κ3) is 1.56. The fourth-order valence-corrected chi connectivity index (χ4v) is 2.36. The largest absolute Gasteiger partial charge is 0.310 e. The van der Waals surface area contributed by atoms with Gasteiger partial charge in [-0.15, -0.1) is 0 Å². The van der Waals surface area contributed by atoms with Gasteiger partial charge in [0.1, 0.15) is 11.6 Å². The van der Waals surface area contributed by atoms with Crippen molar-refractivity contribution in [3.8, 4) is 11.1 Å². The molecule has 0 saturated heterocycles. The fraction of sp³-hybridized carbons (Fsp3) is 0.231. The van der Waals surface area contributed by atoms with E-state index >= 15 is 0 Å². The molecular weight excluding hydrogens is 219 g/mol. The highest BCUT2D eigenvalue weighted by Gasteiger charge is 2.21. The maximum absolute atomic E-state index is 13.3. The van der Waals surface area contributed by atoms with Gasteiger partial charge < -0.3 is 4.98 Å². The summed E-state index contributed by atoms with van der Waals surface area (Å²) >= 11 is 0. The third-order valence-electron chi connectivity index (χ3n) is 3.09. The molecule has 0 aliphatic heterocycles. The van der Waals surface area contributed by atoms with Crippen LogP contribution in [-0.2, 0) is 12.8 Å². The lowest BCUT2D eigenvalue weighted by Crippen LogP contribution is -2.20. The molecule has 0 unspecified atom stereocenters. The number of hydrogen-bond donors (Lipinski definition) is 1. The number of nitrogens with zero attached hydrogens (tertiary/aromatic N) is 1. The van der Waals surface area contributed by atoms with Crippen molar-refractivity contribution in [2.45, 2.75) is 19.8 Å². The van der Waals surface area contributed by atoms with Gasteiger partial charge in [0, 0.05) is 0 Å².